The van der Waals surface area contributed by atoms with Gasteiger partial charge < -0.3 is 0 Å². The molecule has 458 valence electrons. The van der Waals surface area contributed by atoms with Gasteiger partial charge in [0.25, 0.3) is 0 Å². The summed E-state index contributed by atoms with van der Waals surface area (Å²) in [6, 6.07) is 62.7. The molecular weight excluding hydrogens is 1120 g/mol. The number of hydrogen-bond acceptors (Lipinski definition) is 2. The summed E-state index contributed by atoms with van der Waals surface area (Å²) < 4.78 is 0. The Morgan fingerprint density at radius 1 is 0.419 bits per heavy atom. The fourth-order valence-electron chi connectivity index (χ4n) is 19.8. The van der Waals surface area contributed by atoms with Crippen LogP contribution in [-0.4, -0.2) is 19.0 Å². The SMILES string of the molecule is C=C(N=Cc1ccc2c3c(ccc2c1)C1=C(CC2(C)C(=C1)C(C)(C)c1ccccc12)C3(C)C)c1ccc2c3c(ccc2c1)-c1cc2c(cc1C3(C)C)C1=C(CCC=C1)C2(C)C.CN=C(C)c1ccc2c3c(ccc2c1)-c1cc2c(cc1C3(C)C)-c1ccccc1C2(C)C. The van der Waals surface area contributed by atoms with Crippen molar-refractivity contribution in [3.8, 4) is 33.4 Å². The van der Waals surface area contributed by atoms with Gasteiger partial charge in [0.1, 0.15) is 0 Å². The van der Waals surface area contributed by atoms with E-state index in [4.69, 9.17) is 4.99 Å². The smallest absolute Gasteiger partial charge is 0.0630 e. The lowest BCUT2D eigenvalue weighted by Crippen LogP contribution is -2.32. The maximum Gasteiger partial charge on any atom is 0.0630 e. The maximum atomic E-state index is 4.98. The summed E-state index contributed by atoms with van der Waals surface area (Å²) in [5, 5.41) is 7.81. The van der Waals surface area contributed by atoms with Gasteiger partial charge in [-0.2, -0.15) is 0 Å². The number of rotatable bonds is 4. The number of aliphatic imine (C=N–C) groups is 2. The van der Waals surface area contributed by atoms with Crippen molar-refractivity contribution in [2.75, 3.05) is 7.05 Å². The highest BCUT2D eigenvalue weighted by Crippen LogP contribution is 2.65. The van der Waals surface area contributed by atoms with Crippen molar-refractivity contribution in [3.05, 3.63) is 289 Å². The Bertz CT molecular complexity index is 5330. The highest BCUT2D eigenvalue weighted by molar-refractivity contribution is 6.07. The zero-order valence-corrected chi connectivity index (χ0v) is 57.1. The fourth-order valence-corrected chi connectivity index (χ4v) is 19.8. The predicted octanol–water partition coefficient (Wildman–Crippen LogP) is 23.3. The molecule has 0 amide bonds. The van der Waals surface area contributed by atoms with Gasteiger partial charge in [-0.05, 0) is 229 Å². The Hall–Kier alpha value is -8.98. The van der Waals surface area contributed by atoms with E-state index in [2.05, 4.69) is 291 Å². The predicted molar refractivity (Wildman–Crippen MR) is 397 cm³/mol. The quantitative estimate of drug-likeness (QED) is 0.157. The average molecular weight is 1210 g/mol. The van der Waals surface area contributed by atoms with Crippen LogP contribution in [0.4, 0.5) is 0 Å². The molecule has 0 aromatic heterocycles. The van der Waals surface area contributed by atoms with Crippen molar-refractivity contribution in [1.82, 2.24) is 0 Å². The van der Waals surface area contributed by atoms with Crippen LogP contribution in [0.15, 0.2) is 215 Å². The summed E-state index contributed by atoms with van der Waals surface area (Å²) in [6.07, 6.45) is 12.7. The lowest BCUT2D eigenvalue weighted by Gasteiger charge is -2.39. The second kappa shape index (κ2) is 19.1. The van der Waals surface area contributed by atoms with Gasteiger partial charge in [0.15, 0.2) is 0 Å². The minimum atomic E-state index is -0.111. The number of benzene rings is 10. The molecule has 8 aliphatic rings. The lowest BCUT2D eigenvalue weighted by molar-refractivity contribution is 0.470. The van der Waals surface area contributed by atoms with E-state index in [0.29, 0.717) is 0 Å². The van der Waals surface area contributed by atoms with Crippen LogP contribution in [0.25, 0.3) is 82.5 Å². The Balaban J connectivity index is 0.000000173. The molecule has 0 saturated heterocycles. The van der Waals surface area contributed by atoms with Crippen LogP contribution in [0.5, 0.6) is 0 Å². The van der Waals surface area contributed by atoms with Crippen LogP contribution in [-0.2, 0) is 37.9 Å². The molecule has 0 aliphatic heterocycles. The van der Waals surface area contributed by atoms with Crippen LogP contribution in [0, 0.1) is 0 Å². The molecule has 0 spiro atoms. The van der Waals surface area contributed by atoms with E-state index in [1.807, 2.05) is 13.3 Å². The van der Waals surface area contributed by atoms with Gasteiger partial charge in [-0.25, -0.2) is 0 Å². The number of allylic oxidation sites excluding steroid dienone is 8. The summed E-state index contributed by atoms with van der Waals surface area (Å²) in [7, 11) is 1.86. The van der Waals surface area contributed by atoms with Gasteiger partial charge in [-0.15, -0.1) is 0 Å². The van der Waals surface area contributed by atoms with E-state index >= 15 is 0 Å². The van der Waals surface area contributed by atoms with E-state index in [0.717, 1.165) is 41.8 Å². The highest BCUT2D eigenvalue weighted by atomic mass is 14.7. The summed E-state index contributed by atoms with van der Waals surface area (Å²) in [5.41, 5.74) is 38.5. The van der Waals surface area contributed by atoms with E-state index in [9.17, 15) is 0 Å². The first-order valence-electron chi connectivity index (χ1n) is 34.1. The number of fused-ring (bicyclic) bond motifs is 22. The number of nitrogens with zero attached hydrogens (tertiary/aromatic N) is 2. The van der Waals surface area contributed by atoms with Crippen molar-refractivity contribution in [3.63, 3.8) is 0 Å². The fraction of sp³-hybridized carbons (Fsp3) is 0.275. The van der Waals surface area contributed by atoms with Crippen molar-refractivity contribution < 1.29 is 0 Å². The monoisotopic (exact) mass is 1200 g/mol. The number of hydrogen-bond donors (Lipinski definition) is 0. The minimum Gasteiger partial charge on any atom is -0.293 e. The van der Waals surface area contributed by atoms with Gasteiger partial charge in [0, 0.05) is 62.4 Å². The molecule has 0 N–H and O–H groups in total. The molecule has 0 radical (unpaired) electrons. The highest BCUT2D eigenvalue weighted by Gasteiger charge is 2.55. The zero-order chi connectivity index (χ0) is 64.6. The molecule has 1 unspecified atom stereocenters. The standard InChI is InChI=1S/C60H55N.C31H29N/c1-34(36-20-24-40-38(28-36)22-26-42-45-30-50-44(29-51(45)58(6,7)54(40)42)41-15-11-12-16-47(41)56(50,2)3)61-33-35-19-23-39-37(27-35)21-25-43-46-31-53-57(4,5)48-17-13-14-18-49(48)60(53,10)32-52(46)59(8,9)55(39)43;1-18(32-6)19-11-13-21-20(15-19)12-14-23-25-17-27-24(16-28(25)31(4,5)29(21)23)22-9-7-8-10-26(22)30(27,2)3/h11,13-15,17-31,33H,1,12,16,32H2,2-10H3;7-17H,1-6H3. The summed E-state index contributed by atoms with van der Waals surface area (Å²) in [5.74, 6) is 0. The maximum absolute atomic E-state index is 4.98. The first-order valence-corrected chi connectivity index (χ1v) is 34.1. The first-order chi connectivity index (χ1) is 44.3. The van der Waals surface area contributed by atoms with Crippen LogP contribution < -0.4 is 0 Å². The summed E-state index contributed by atoms with van der Waals surface area (Å²) in [6.45, 7) is 38.0. The molecule has 0 bridgehead atoms. The molecule has 2 nitrogen and oxygen atoms in total. The lowest BCUT2D eigenvalue weighted by atomic mass is 9.64. The van der Waals surface area contributed by atoms with Gasteiger partial charge in [0.05, 0.1) is 5.70 Å². The molecule has 2 heteroatoms. The van der Waals surface area contributed by atoms with Crippen LogP contribution in [0.2, 0.25) is 0 Å². The second-order valence-corrected chi connectivity index (χ2v) is 31.9. The third-order valence-corrected chi connectivity index (χ3v) is 24.8. The van der Waals surface area contributed by atoms with Gasteiger partial charge in [0.2, 0.25) is 0 Å². The molecule has 8 aliphatic carbocycles. The Morgan fingerprint density at radius 3 is 1.58 bits per heavy atom. The van der Waals surface area contributed by atoms with Crippen molar-refractivity contribution in [2.45, 2.75) is 154 Å². The average Bonchev–Trinajstić information content (AvgIpc) is 1.54. The van der Waals surface area contributed by atoms with E-state index in [-0.39, 0.29) is 37.9 Å². The van der Waals surface area contributed by atoms with Crippen LogP contribution >= 0.6 is 0 Å². The molecule has 0 saturated carbocycles. The molecule has 93 heavy (non-hydrogen) atoms. The second-order valence-electron chi connectivity index (χ2n) is 31.9. The third-order valence-electron chi connectivity index (χ3n) is 24.8. The minimum absolute atomic E-state index is 0.0101. The van der Waals surface area contributed by atoms with Crippen LogP contribution in [0.3, 0.4) is 0 Å². The van der Waals surface area contributed by atoms with E-state index in [1.54, 1.807) is 16.7 Å². The van der Waals surface area contributed by atoms with Crippen molar-refractivity contribution in [2.24, 2.45) is 9.98 Å². The zero-order valence-electron chi connectivity index (χ0n) is 57.1. The molecule has 0 heterocycles. The normalized spacial score (nSPS) is 20.6. The topological polar surface area (TPSA) is 24.7 Å². The molecular formula is C91H84N2. The Kier molecular flexibility index (Phi) is 11.9. The molecule has 18 rings (SSSR count). The van der Waals surface area contributed by atoms with Crippen molar-refractivity contribution >= 4 is 61.1 Å². The summed E-state index contributed by atoms with van der Waals surface area (Å²) in [4.78, 5) is 9.36. The van der Waals surface area contributed by atoms with E-state index < -0.39 is 0 Å². The first kappa shape index (κ1) is 57.9. The van der Waals surface area contributed by atoms with Gasteiger partial charge in [-0.3, -0.25) is 9.98 Å². The summed E-state index contributed by atoms with van der Waals surface area (Å²) >= 11 is 0. The Labute approximate surface area is 551 Å². The molecule has 10 aromatic carbocycles. The van der Waals surface area contributed by atoms with Crippen LogP contribution in [0.1, 0.15) is 200 Å². The molecule has 0 fully saturated rings. The Morgan fingerprint density at radius 2 is 0.935 bits per heavy atom. The third kappa shape index (κ3) is 7.70. The van der Waals surface area contributed by atoms with E-state index in [1.165, 1.54) is 149 Å². The van der Waals surface area contributed by atoms with Gasteiger partial charge in [-0.1, -0.05) is 247 Å². The largest absolute Gasteiger partial charge is 0.293 e. The molecule has 10 aromatic rings. The van der Waals surface area contributed by atoms with Crippen molar-refractivity contribution in [1.29, 1.82) is 0 Å². The molecule has 1 atom stereocenters. The van der Waals surface area contributed by atoms with Gasteiger partial charge >= 0.3 is 0 Å².